The van der Waals surface area contributed by atoms with Gasteiger partial charge in [-0.1, -0.05) is 6.92 Å². The summed E-state index contributed by atoms with van der Waals surface area (Å²) in [5.41, 5.74) is 6.38. The molecule has 0 bridgehead atoms. The zero-order valence-corrected chi connectivity index (χ0v) is 9.99. The molecule has 0 saturated heterocycles. The zero-order chi connectivity index (χ0) is 12.3. The molecule has 0 aromatic carbocycles. The normalized spacial score (nSPS) is 11.8. The standard InChI is InChI=1S/C10H20N4O2/c1-4-10(5-15,6-16)12-9-8(11)7(2)13-14(9)3/h12,15-16H,4-6,11H2,1-3H3. The van der Waals surface area contributed by atoms with Crippen molar-refractivity contribution in [1.29, 1.82) is 0 Å². The summed E-state index contributed by atoms with van der Waals surface area (Å²) in [5, 5.41) is 25.9. The molecule has 1 rings (SSSR count). The van der Waals surface area contributed by atoms with E-state index < -0.39 is 5.54 Å². The van der Waals surface area contributed by atoms with Crippen LogP contribution in [0.3, 0.4) is 0 Å². The largest absolute Gasteiger partial charge is 0.394 e. The van der Waals surface area contributed by atoms with Crippen molar-refractivity contribution >= 4 is 11.5 Å². The van der Waals surface area contributed by atoms with E-state index in [9.17, 15) is 10.2 Å². The molecule has 16 heavy (non-hydrogen) atoms. The average Bonchev–Trinajstić information content (AvgIpc) is 2.52. The Morgan fingerprint density at radius 2 is 2.00 bits per heavy atom. The van der Waals surface area contributed by atoms with Crippen molar-refractivity contribution in [3.63, 3.8) is 0 Å². The third-order valence-corrected chi connectivity index (χ3v) is 2.93. The molecular weight excluding hydrogens is 208 g/mol. The Balaban J connectivity index is 3.02. The second-order valence-corrected chi connectivity index (χ2v) is 4.05. The molecule has 1 aromatic heterocycles. The van der Waals surface area contributed by atoms with Gasteiger partial charge in [0.05, 0.1) is 30.1 Å². The quantitative estimate of drug-likeness (QED) is 0.562. The summed E-state index contributed by atoms with van der Waals surface area (Å²) in [7, 11) is 1.76. The number of nitrogens with one attached hydrogen (secondary N) is 1. The molecule has 0 saturated carbocycles. The van der Waals surface area contributed by atoms with Crippen LogP contribution in [0.5, 0.6) is 0 Å². The molecule has 0 atom stereocenters. The van der Waals surface area contributed by atoms with E-state index in [4.69, 9.17) is 5.73 Å². The number of rotatable bonds is 5. The number of aromatic nitrogens is 2. The van der Waals surface area contributed by atoms with Gasteiger partial charge in [0.2, 0.25) is 0 Å². The van der Waals surface area contributed by atoms with E-state index in [1.165, 1.54) is 0 Å². The Morgan fingerprint density at radius 3 is 2.31 bits per heavy atom. The van der Waals surface area contributed by atoms with Gasteiger partial charge in [0, 0.05) is 7.05 Å². The minimum Gasteiger partial charge on any atom is -0.394 e. The predicted molar refractivity (Wildman–Crippen MR) is 63.2 cm³/mol. The maximum absolute atomic E-state index is 9.33. The fraction of sp³-hybridized carbons (Fsp3) is 0.700. The number of aryl methyl sites for hydroxylation is 2. The van der Waals surface area contributed by atoms with Crippen molar-refractivity contribution < 1.29 is 10.2 Å². The topological polar surface area (TPSA) is 96.3 Å². The third-order valence-electron chi connectivity index (χ3n) is 2.93. The summed E-state index contributed by atoms with van der Waals surface area (Å²) in [6.45, 7) is 3.37. The van der Waals surface area contributed by atoms with E-state index in [1.807, 2.05) is 13.8 Å². The summed E-state index contributed by atoms with van der Waals surface area (Å²) in [6, 6.07) is 0. The van der Waals surface area contributed by atoms with Crippen molar-refractivity contribution in [3.05, 3.63) is 5.69 Å². The highest BCUT2D eigenvalue weighted by molar-refractivity contribution is 5.65. The summed E-state index contributed by atoms with van der Waals surface area (Å²) in [6.07, 6.45) is 0.587. The first kappa shape index (κ1) is 12.8. The number of hydrogen-bond acceptors (Lipinski definition) is 5. The van der Waals surface area contributed by atoms with Crippen molar-refractivity contribution in [2.75, 3.05) is 24.3 Å². The first-order valence-electron chi connectivity index (χ1n) is 5.28. The van der Waals surface area contributed by atoms with Crippen LogP contribution in [-0.4, -0.2) is 38.7 Å². The van der Waals surface area contributed by atoms with E-state index in [0.29, 0.717) is 17.9 Å². The molecule has 0 unspecified atom stereocenters. The smallest absolute Gasteiger partial charge is 0.148 e. The Labute approximate surface area is 95.1 Å². The van der Waals surface area contributed by atoms with E-state index in [2.05, 4.69) is 10.4 Å². The first-order valence-corrected chi connectivity index (χ1v) is 5.28. The molecule has 0 radical (unpaired) electrons. The lowest BCUT2D eigenvalue weighted by atomic mass is 9.98. The van der Waals surface area contributed by atoms with Crippen LogP contribution < -0.4 is 11.1 Å². The summed E-state index contributed by atoms with van der Waals surface area (Å²) in [5.74, 6) is 0.627. The van der Waals surface area contributed by atoms with Crippen LogP contribution in [0.4, 0.5) is 11.5 Å². The molecule has 6 heteroatoms. The Hall–Kier alpha value is -1.27. The number of anilines is 2. The number of aliphatic hydroxyl groups excluding tert-OH is 2. The number of aliphatic hydroxyl groups is 2. The Bertz CT molecular complexity index is 350. The van der Waals surface area contributed by atoms with Gasteiger partial charge >= 0.3 is 0 Å². The van der Waals surface area contributed by atoms with Gasteiger partial charge in [-0.25, -0.2) is 0 Å². The van der Waals surface area contributed by atoms with Gasteiger partial charge in [-0.15, -0.1) is 0 Å². The van der Waals surface area contributed by atoms with Crippen LogP contribution in [0.25, 0.3) is 0 Å². The van der Waals surface area contributed by atoms with E-state index in [1.54, 1.807) is 11.7 Å². The van der Waals surface area contributed by atoms with Gasteiger partial charge in [0.1, 0.15) is 5.82 Å². The van der Waals surface area contributed by atoms with Crippen molar-refractivity contribution in [1.82, 2.24) is 9.78 Å². The number of nitrogens with two attached hydrogens (primary N) is 1. The lowest BCUT2D eigenvalue weighted by molar-refractivity contribution is 0.132. The fourth-order valence-electron chi connectivity index (χ4n) is 1.51. The average molecular weight is 228 g/mol. The second-order valence-electron chi connectivity index (χ2n) is 4.05. The van der Waals surface area contributed by atoms with Gasteiger partial charge in [-0.2, -0.15) is 5.10 Å². The van der Waals surface area contributed by atoms with Gasteiger partial charge in [0.15, 0.2) is 0 Å². The molecule has 0 spiro atoms. The zero-order valence-electron chi connectivity index (χ0n) is 9.99. The molecule has 92 valence electrons. The van der Waals surface area contributed by atoms with Crippen LogP contribution >= 0.6 is 0 Å². The van der Waals surface area contributed by atoms with E-state index in [-0.39, 0.29) is 13.2 Å². The van der Waals surface area contributed by atoms with Crippen LogP contribution in [0.1, 0.15) is 19.0 Å². The van der Waals surface area contributed by atoms with Crippen LogP contribution in [0, 0.1) is 6.92 Å². The van der Waals surface area contributed by atoms with Gasteiger partial charge in [-0.05, 0) is 13.3 Å². The molecule has 1 heterocycles. The monoisotopic (exact) mass is 228 g/mol. The van der Waals surface area contributed by atoms with Crippen molar-refractivity contribution in [2.45, 2.75) is 25.8 Å². The van der Waals surface area contributed by atoms with Gasteiger partial charge in [0.25, 0.3) is 0 Å². The molecule has 0 fully saturated rings. The molecule has 0 aliphatic heterocycles. The highest BCUT2D eigenvalue weighted by atomic mass is 16.3. The lowest BCUT2D eigenvalue weighted by Crippen LogP contribution is -2.45. The Morgan fingerprint density at radius 1 is 1.44 bits per heavy atom. The van der Waals surface area contributed by atoms with E-state index >= 15 is 0 Å². The first-order chi connectivity index (χ1) is 7.49. The van der Waals surface area contributed by atoms with Crippen LogP contribution in [0.15, 0.2) is 0 Å². The lowest BCUT2D eigenvalue weighted by Gasteiger charge is -2.30. The highest BCUT2D eigenvalue weighted by Crippen LogP contribution is 2.25. The second kappa shape index (κ2) is 4.71. The summed E-state index contributed by atoms with van der Waals surface area (Å²) in [4.78, 5) is 0. The highest BCUT2D eigenvalue weighted by Gasteiger charge is 2.28. The molecule has 5 N–H and O–H groups in total. The molecule has 0 amide bonds. The van der Waals surface area contributed by atoms with Crippen LogP contribution in [-0.2, 0) is 7.05 Å². The maximum atomic E-state index is 9.33. The third kappa shape index (κ3) is 2.12. The number of nitrogens with zero attached hydrogens (tertiary/aromatic N) is 2. The Kier molecular flexibility index (Phi) is 3.77. The van der Waals surface area contributed by atoms with Gasteiger partial charge < -0.3 is 21.3 Å². The SMILES string of the molecule is CCC(CO)(CO)Nc1c(N)c(C)nn1C. The molecule has 0 aliphatic carbocycles. The van der Waals surface area contributed by atoms with Crippen LogP contribution in [0.2, 0.25) is 0 Å². The van der Waals surface area contributed by atoms with Crippen molar-refractivity contribution in [3.8, 4) is 0 Å². The predicted octanol–water partition coefficient (Wildman–Crippen LogP) is -0.144. The van der Waals surface area contributed by atoms with Gasteiger partial charge in [-0.3, -0.25) is 4.68 Å². The molecule has 1 aromatic rings. The minimum absolute atomic E-state index is 0.163. The molecule has 6 nitrogen and oxygen atoms in total. The number of nitrogen functional groups attached to an aromatic ring is 1. The summed E-state index contributed by atoms with van der Waals surface area (Å²) < 4.78 is 1.61. The molecular formula is C10H20N4O2. The molecule has 0 aliphatic rings. The fourth-order valence-corrected chi connectivity index (χ4v) is 1.51. The van der Waals surface area contributed by atoms with Crippen molar-refractivity contribution in [2.24, 2.45) is 7.05 Å². The maximum Gasteiger partial charge on any atom is 0.148 e. The van der Waals surface area contributed by atoms with E-state index in [0.717, 1.165) is 5.69 Å². The summed E-state index contributed by atoms with van der Waals surface area (Å²) >= 11 is 0. The minimum atomic E-state index is -0.756. The number of hydrogen-bond donors (Lipinski definition) is 4.